The number of benzene rings is 1. The predicted octanol–water partition coefficient (Wildman–Crippen LogP) is 4.11. The van der Waals surface area contributed by atoms with Crippen LogP contribution in [0.5, 0.6) is 0 Å². The van der Waals surface area contributed by atoms with E-state index in [-0.39, 0.29) is 0 Å². The van der Waals surface area contributed by atoms with E-state index < -0.39 is 0 Å². The Bertz CT molecular complexity index is 567. The molecule has 3 nitrogen and oxygen atoms in total. The van der Waals surface area contributed by atoms with Crippen molar-refractivity contribution >= 4 is 11.4 Å². The molecule has 1 saturated heterocycles. The van der Waals surface area contributed by atoms with Gasteiger partial charge in [-0.25, -0.2) is 0 Å². The number of aromatic nitrogens is 1. The first-order chi connectivity index (χ1) is 10.3. The Balaban J connectivity index is 1.60. The van der Waals surface area contributed by atoms with Crippen LogP contribution in [0.25, 0.3) is 0 Å². The molecule has 0 spiro atoms. The number of hydrogen-bond donors (Lipinski definition) is 1. The van der Waals surface area contributed by atoms with E-state index in [9.17, 15) is 0 Å². The normalized spacial score (nSPS) is 14.6. The minimum atomic E-state index is 0.889. The minimum Gasteiger partial charge on any atom is -0.381 e. The molecule has 2 heterocycles. The maximum atomic E-state index is 3.54. The molecule has 1 aromatic heterocycles. The summed E-state index contributed by atoms with van der Waals surface area (Å²) in [4.78, 5) is 2.48. The first-order valence-corrected chi connectivity index (χ1v) is 8.08. The first-order valence-electron chi connectivity index (χ1n) is 8.08. The molecule has 0 saturated carbocycles. The van der Waals surface area contributed by atoms with E-state index in [0.717, 1.165) is 13.1 Å². The van der Waals surface area contributed by atoms with Crippen molar-refractivity contribution < 1.29 is 0 Å². The van der Waals surface area contributed by atoms with Gasteiger partial charge in [-0.1, -0.05) is 13.0 Å². The molecule has 0 atom stereocenters. The summed E-state index contributed by atoms with van der Waals surface area (Å²) in [7, 11) is 0. The van der Waals surface area contributed by atoms with Crippen LogP contribution in [0.4, 0.5) is 11.4 Å². The molecular formula is C18H25N3. The van der Waals surface area contributed by atoms with Gasteiger partial charge in [0.2, 0.25) is 0 Å². The second-order valence-corrected chi connectivity index (χ2v) is 5.86. The van der Waals surface area contributed by atoms with Crippen LogP contribution in [-0.2, 0) is 13.1 Å². The molecule has 1 fully saturated rings. The molecule has 0 aliphatic carbocycles. The molecule has 1 N–H and O–H groups in total. The van der Waals surface area contributed by atoms with Crippen LogP contribution in [0.1, 0.15) is 31.7 Å². The zero-order valence-electron chi connectivity index (χ0n) is 12.9. The van der Waals surface area contributed by atoms with Gasteiger partial charge in [-0.05, 0) is 49.1 Å². The third-order valence-electron chi connectivity index (χ3n) is 4.11. The number of rotatable bonds is 6. The summed E-state index contributed by atoms with van der Waals surface area (Å²) in [5.74, 6) is 0. The SMILES string of the molecule is CCCn1ccc(CNc2cccc(N3CCCC3)c2)c1. The largest absolute Gasteiger partial charge is 0.381 e. The first kappa shape index (κ1) is 14.1. The number of nitrogens with one attached hydrogen (secondary N) is 1. The maximum absolute atomic E-state index is 3.54. The van der Waals surface area contributed by atoms with Crippen LogP contribution in [0.15, 0.2) is 42.7 Å². The van der Waals surface area contributed by atoms with Crippen molar-refractivity contribution in [1.82, 2.24) is 4.57 Å². The Kier molecular flexibility index (Phi) is 4.49. The van der Waals surface area contributed by atoms with Crippen molar-refractivity contribution in [3.63, 3.8) is 0 Å². The maximum Gasteiger partial charge on any atom is 0.0415 e. The number of hydrogen-bond acceptors (Lipinski definition) is 2. The molecule has 2 aromatic rings. The monoisotopic (exact) mass is 283 g/mol. The van der Waals surface area contributed by atoms with Gasteiger partial charge >= 0.3 is 0 Å². The molecule has 21 heavy (non-hydrogen) atoms. The molecular weight excluding hydrogens is 258 g/mol. The third-order valence-corrected chi connectivity index (χ3v) is 4.11. The van der Waals surface area contributed by atoms with Crippen LogP contribution >= 0.6 is 0 Å². The Morgan fingerprint density at radius 2 is 2.00 bits per heavy atom. The average Bonchev–Trinajstić information content (AvgIpc) is 3.18. The van der Waals surface area contributed by atoms with E-state index in [0.29, 0.717) is 0 Å². The summed E-state index contributed by atoms with van der Waals surface area (Å²) in [6.07, 6.45) is 8.23. The smallest absolute Gasteiger partial charge is 0.0415 e. The van der Waals surface area contributed by atoms with Gasteiger partial charge in [-0.3, -0.25) is 0 Å². The predicted molar refractivity (Wildman–Crippen MR) is 89.9 cm³/mol. The summed E-state index contributed by atoms with van der Waals surface area (Å²) < 4.78 is 2.26. The van der Waals surface area contributed by atoms with Gasteiger partial charge in [0.1, 0.15) is 0 Å². The Morgan fingerprint density at radius 3 is 2.81 bits per heavy atom. The number of aryl methyl sites for hydroxylation is 1. The zero-order chi connectivity index (χ0) is 14.5. The summed E-state index contributed by atoms with van der Waals surface area (Å²) in [5, 5.41) is 3.54. The van der Waals surface area contributed by atoms with Crippen molar-refractivity contribution in [3.05, 3.63) is 48.3 Å². The van der Waals surface area contributed by atoms with Crippen molar-refractivity contribution in [2.24, 2.45) is 0 Å². The molecule has 1 aliphatic rings. The van der Waals surface area contributed by atoms with E-state index in [1.165, 1.54) is 49.3 Å². The highest BCUT2D eigenvalue weighted by Crippen LogP contribution is 2.23. The summed E-state index contributed by atoms with van der Waals surface area (Å²) >= 11 is 0. The van der Waals surface area contributed by atoms with E-state index >= 15 is 0 Å². The highest BCUT2D eigenvalue weighted by atomic mass is 15.1. The van der Waals surface area contributed by atoms with E-state index in [1.54, 1.807) is 0 Å². The molecule has 0 bridgehead atoms. The lowest BCUT2D eigenvalue weighted by atomic mass is 10.2. The second-order valence-electron chi connectivity index (χ2n) is 5.86. The van der Waals surface area contributed by atoms with Gasteiger partial charge < -0.3 is 14.8 Å². The van der Waals surface area contributed by atoms with Crippen molar-refractivity contribution in [1.29, 1.82) is 0 Å². The topological polar surface area (TPSA) is 20.2 Å². The van der Waals surface area contributed by atoms with Crippen LogP contribution in [0.2, 0.25) is 0 Å². The Hall–Kier alpha value is -1.90. The van der Waals surface area contributed by atoms with Crippen LogP contribution in [0, 0.1) is 0 Å². The van der Waals surface area contributed by atoms with Crippen molar-refractivity contribution in [2.45, 2.75) is 39.3 Å². The van der Waals surface area contributed by atoms with E-state index in [1.807, 2.05) is 0 Å². The molecule has 0 amide bonds. The molecule has 0 radical (unpaired) electrons. The lowest BCUT2D eigenvalue weighted by Crippen LogP contribution is -2.17. The van der Waals surface area contributed by atoms with Gasteiger partial charge in [0.25, 0.3) is 0 Å². The molecule has 0 unspecified atom stereocenters. The van der Waals surface area contributed by atoms with Gasteiger partial charge in [-0.15, -0.1) is 0 Å². The fourth-order valence-corrected chi connectivity index (χ4v) is 2.98. The molecule has 1 aliphatic heterocycles. The fraction of sp³-hybridized carbons (Fsp3) is 0.444. The zero-order valence-corrected chi connectivity index (χ0v) is 12.9. The fourth-order valence-electron chi connectivity index (χ4n) is 2.98. The highest BCUT2D eigenvalue weighted by Gasteiger charge is 2.12. The quantitative estimate of drug-likeness (QED) is 0.861. The second kappa shape index (κ2) is 6.70. The summed E-state index contributed by atoms with van der Waals surface area (Å²) in [6, 6.07) is 11.0. The number of anilines is 2. The molecule has 3 heteroatoms. The number of nitrogens with zero attached hydrogens (tertiary/aromatic N) is 2. The van der Waals surface area contributed by atoms with Gasteiger partial charge in [0.05, 0.1) is 0 Å². The van der Waals surface area contributed by atoms with Crippen LogP contribution in [0.3, 0.4) is 0 Å². The minimum absolute atomic E-state index is 0.889. The standard InChI is InChI=1S/C18H25N3/c1-2-9-20-12-8-16(15-20)14-19-17-6-5-7-18(13-17)21-10-3-4-11-21/h5-8,12-13,15,19H,2-4,9-11,14H2,1H3. The van der Waals surface area contributed by atoms with Crippen LogP contribution < -0.4 is 10.2 Å². The van der Waals surface area contributed by atoms with Crippen molar-refractivity contribution in [2.75, 3.05) is 23.3 Å². The van der Waals surface area contributed by atoms with E-state index in [2.05, 4.69) is 64.4 Å². The molecule has 3 rings (SSSR count). The summed E-state index contributed by atoms with van der Waals surface area (Å²) in [5.41, 5.74) is 3.90. The lowest BCUT2D eigenvalue weighted by molar-refractivity contribution is 0.682. The third kappa shape index (κ3) is 3.60. The highest BCUT2D eigenvalue weighted by molar-refractivity contribution is 5.58. The summed E-state index contributed by atoms with van der Waals surface area (Å²) in [6.45, 7) is 6.60. The van der Waals surface area contributed by atoms with Crippen molar-refractivity contribution in [3.8, 4) is 0 Å². The van der Waals surface area contributed by atoms with Crippen LogP contribution in [-0.4, -0.2) is 17.7 Å². The van der Waals surface area contributed by atoms with Gasteiger partial charge in [0.15, 0.2) is 0 Å². The molecule has 112 valence electrons. The lowest BCUT2D eigenvalue weighted by Gasteiger charge is -2.18. The average molecular weight is 283 g/mol. The Morgan fingerprint density at radius 1 is 1.14 bits per heavy atom. The van der Waals surface area contributed by atoms with E-state index in [4.69, 9.17) is 0 Å². The Labute approximate surface area is 127 Å². The molecule has 1 aromatic carbocycles. The van der Waals surface area contributed by atoms with Gasteiger partial charge in [0, 0.05) is 49.9 Å². The van der Waals surface area contributed by atoms with Gasteiger partial charge in [-0.2, -0.15) is 0 Å².